The smallest absolute Gasteiger partial charge is 0.347 e. The fraction of sp³-hybridized carbons (Fsp3) is 0.625. The van der Waals surface area contributed by atoms with Gasteiger partial charge in [0.1, 0.15) is 9.88 Å². The van der Waals surface area contributed by atoms with Crippen LogP contribution >= 0.6 is 11.3 Å². The van der Waals surface area contributed by atoms with Crippen LogP contribution < -0.4 is 5.32 Å². The number of hydrogen-bond donors (Lipinski definition) is 2. The fourth-order valence-electron chi connectivity index (χ4n) is 2.81. The number of piperidine rings is 1. The molecule has 25 heavy (non-hydrogen) atoms. The van der Waals surface area contributed by atoms with E-state index >= 15 is 0 Å². The van der Waals surface area contributed by atoms with Crippen molar-refractivity contribution in [2.75, 3.05) is 27.2 Å². The Bertz CT molecular complexity index is 665. The highest BCUT2D eigenvalue weighted by Gasteiger charge is 2.29. The molecule has 2 heterocycles. The third-order valence-corrected chi connectivity index (χ3v) is 5.58. The number of hydrogen-bond acceptors (Lipinski definition) is 5. The van der Waals surface area contributed by atoms with E-state index in [1.54, 1.807) is 32.8 Å². The van der Waals surface area contributed by atoms with Crippen LogP contribution in [0.1, 0.15) is 46.2 Å². The van der Waals surface area contributed by atoms with Gasteiger partial charge in [-0.25, -0.2) is 14.6 Å². The molecule has 0 bridgehead atoms. The van der Waals surface area contributed by atoms with E-state index < -0.39 is 5.97 Å². The molecule has 8 nitrogen and oxygen atoms in total. The summed E-state index contributed by atoms with van der Waals surface area (Å²) in [5, 5.41) is 12.6. The first-order valence-electron chi connectivity index (χ1n) is 8.18. The van der Waals surface area contributed by atoms with Crippen molar-refractivity contribution in [1.29, 1.82) is 0 Å². The van der Waals surface area contributed by atoms with E-state index in [4.69, 9.17) is 5.11 Å². The maximum absolute atomic E-state index is 12.5. The van der Waals surface area contributed by atoms with Crippen LogP contribution in [-0.4, -0.2) is 65.0 Å². The normalized spacial score (nSPS) is 16.4. The van der Waals surface area contributed by atoms with Gasteiger partial charge in [-0.3, -0.25) is 4.79 Å². The molecule has 2 N–H and O–H groups in total. The number of carbonyl (C=O) groups is 3. The number of amides is 3. The van der Waals surface area contributed by atoms with E-state index in [-0.39, 0.29) is 28.8 Å². The molecule has 0 radical (unpaired) electrons. The highest BCUT2D eigenvalue weighted by Crippen LogP contribution is 2.25. The average molecular weight is 368 g/mol. The summed E-state index contributed by atoms with van der Waals surface area (Å²) in [7, 11) is 3.43. The minimum Gasteiger partial charge on any atom is -0.477 e. The fourth-order valence-corrected chi connectivity index (χ4v) is 3.72. The molecular weight excluding hydrogens is 344 g/mol. The van der Waals surface area contributed by atoms with Crippen molar-refractivity contribution in [3.8, 4) is 0 Å². The molecule has 1 fully saturated rings. The molecule has 1 aliphatic rings. The van der Waals surface area contributed by atoms with Gasteiger partial charge in [0.25, 0.3) is 0 Å². The molecule has 9 heteroatoms. The minimum atomic E-state index is -1.00. The van der Waals surface area contributed by atoms with Crippen molar-refractivity contribution in [3.63, 3.8) is 0 Å². The van der Waals surface area contributed by atoms with E-state index in [1.165, 1.54) is 4.90 Å². The Morgan fingerprint density at radius 2 is 1.92 bits per heavy atom. The molecule has 2 rings (SSSR count). The van der Waals surface area contributed by atoms with Crippen molar-refractivity contribution in [2.45, 2.75) is 32.7 Å². The van der Waals surface area contributed by atoms with Gasteiger partial charge in [-0.15, -0.1) is 11.3 Å². The van der Waals surface area contributed by atoms with Crippen LogP contribution in [0.4, 0.5) is 4.79 Å². The molecule has 0 spiro atoms. The Morgan fingerprint density at radius 3 is 2.40 bits per heavy atom. The Labute approximate surface area is 150 Å². The molecule has 0 saturated carbocycles. The summed E-state index contributed by atoms with van der Waals surface area (Å²) in [5.41, 5.74) is 0.462. The largest absolute Gasteiger partial charge is 0.477 e. The van der Waals surface area contributed by atoms with Gasteiger partial charge in [0.2, 0.25) is 5.91 Å². The SMILES string of the molecule is Cc1nc(C(C)NC(=O)C2CCN(C(=O)N(C)C)CC2)sc1C(=O)O. The van der Waals surface area contributed by atoms with Gasteiger partial charge >= 0.3 is 12.0 Å². The molecule has 1 aliphatic heterocycles. The van der Waals surface area contributed by atoms with Gasteiger partial charge in [-0.05, 0) is 26.7 Å². The Balaban J connectivity index is 1.91. The Hall–Kier alpha value is -2.16. The first-order valence-corrected chi connectivity index (χ1v) is 8.99. The summed E-state index contributed by atoms with van der Waals surface area (Å²) < 4.78 is 0. The molecule has 138 valence electrons. The van der Waals surface area contributed by atoms with Crippen molar-refractivity contribution in [1.82, 2.24) is 20.1 Å². The standard InChI is InChI=1S/C16H24N4O4S/c1-9-12(15(22)23)25-14(18-9)10(2)17-13(21)11-5-7-20(8-6-11)16(24)19(3)4/h10-11H,5-8H2,1-4H3,(H,17,21)(H,22,23). The molecule has 1 unspecified atom stereocenters. The Morgan fingerprint density at radius 1 is 1.32 bits per heavy atom. The molecule has 1 atom stereocenters. The van der Waals surface area contributed by atoms with Crippen LogP contribution in [0.3, 0.4) is 0 Å². The lowest BCUT2D eigenvalue weighted by molar-refractivity contribution is -0.126. The van der Waals surface area contributed by atoms with Crippen LogP contribution in [0.2, 0.25) is 0 Å². The molecular formula is C16H24N4O4S. The number of rotatable bonds is 4. The number of carboxylic acid groups (broad SMARTS) is 1. The number of aromatic nitrogens is 1. The second kappa shape index (κ2) is 7.81. The zero-order chi connectivity index (χ0) is 18.7. The monoisotopic (exact) mass is 368 g/mol. The van der Waals surface area contributed by atoms with Gasteiger partial charge < -0.3 is 20.2 Å². The van der Waals surface area contributed by atoms with E-state index in [0.29, 0.717) is 36.6 Å². The van der Waals surface area contributed by atoms with Crippen molar-refractivity contribution >= 4 is 29.2 Å². The molecule has 1 aromatic heterocycles. The third kappa shape index (κ3) is 4.47. The zero-order valence-corrected chi connectivity index (χ0v) is 15.7. The predicted octanol–water partition coefficient (Wildman–Crippen LogP) is 1.72. The van der Waals surface area contributed by atoms with E-state index in [1.807, 2.05) is 0 Å². The van der Waals surface area contributed by atoms with Crippen LogP contribution in [-0.2, 0) is 4.79 Å². The highest BCUT2D eigenvalue weighted by atomic mass is 32.1. The van der Waals surface area contributed by atoms with E-state index in [2.05, 4.69) is 10.3 Å². The van der Waals surface area contributed by atoms with Crippen LogP contribution in [0.25, 0.3) is 0 Å². The van der Waals surface area contributed by atoms with Crippen LogP contribution in [0, 0.1) is 12.8 Å². The highest BCUT2D eigenvalue weighted by molar-refractivity contribution is 7.13. The summed E-state index contributed by atoms with van der Waals surface area (Å²) in [5.74, 6) is -1.22. The van der Waals surface area contributed by atoms with Gasteiger partial charge in [-0.1, -0.05) is 0 Å². The number of urea groups is 1. The number of carboxylic acids is 1. The summed E-state index contributed by atoms with van der Waals surface area (Å²) >= 11 is 1.09. The predicted molar refractivity (Wildman–Crippen MR) is 93.7 cm³/mol. The van der Waals surface area contributed by atoms with Crippen molar-refractivity contribution in [2.24, 2.45) is 5.92 Å². The average Bonchev–Trinajstić information content (AvgIpc) is 2.96. The molecule has 0 aromatic carbocycles. The van der Waals surface area contributed by atoms with E-state index in [9.17, 15) is 14.4 Å². The second-order valence-corrected chi connectivity index (χ2v) is 7.47. The number of nitrogens with zero attached hydrogens (tertiary/aromatic N) is 3. The van der Waals surface area contributed by atoms with Gasteiger partial charge in [0.15, 0.2) is 0 Å². The first-order chi connectivity index (χ1) is 11.7. The number of aromatic carboxylic acids is 1. The lowest BCUT2D eigenvalue weighted by atomic mass is 9.96. The van der Waals surface area contributed by atoms with Crippen molar-refractivity contribution < 1.29 is 19.5 Å². The number of carbonyl (C=O) groups excluding carboxylic acids is 2. The topological polar surface area (TPSA) is 103 Å². The molecule has 1 aromatic rings. The third-order valence-electron chi connectivity index (χ3n) is 4.26. The summed E-state index contributed by atoms with van der Waals surface area (Å²) in [6.07, 6.45) is 1.24. The molecule has 3 amide bonds. The van der Waals surface area contributed by atoms with Crippen LogP contribution in [0.15, 0.2) is 0 Å². The lowest BCUT2D eigenvalue weighted by Crippen LogP contribution is -2.46. The summed E-state index contributed by atoms with van der Waals surface area (Å²) in [4.78, 5) is 43.2. The number of thiazole rings is 1. The number of likely N-dealkylation sites (tertiary alicyclic amines) is 1. The van der Waals surface area contributed by atoms with Gasteiger partial charge in [0, 0.05) is 33.1 Å². The maximum Gasteiger partial charge on any atom is 0.347 e. The second-order valence-electron chi connectivity index (χ2n) is 6.44. The van der Waals surface area contributed by atoms with E-state index in [0.717, 1.165) is 11.3 Å². The minimum absolute atomic E-state index is 0.0355. The molecule has 0 aliphatic carbocycles. The maximum atomic E-state index is 12.5. The zero-order valence-electron chi connectivity index (χ0n) is 14.9. The van der Waals surface area contributed by atoms with Gasteiger partial charge in [-0.2, -0.15) is 0 Å². The van der Waals surface area contributed by atoms with Crippen molar-refractivity contribution in [3.05, 3.63) is 15.6 Å². The summed E-state index contributed by atoms with van der Waals surface area (Å²) in [6, 6.07) is -0.377. The first kappa shape index (κ1) is 19.2. The lowest BCUT2D eigenvalue weighted by Gasteiger charge is -2.33. The number of nitrogens with one attached hydrogen (secondary N) is 1. The van der Waals surface area contributed by atoms with Gasteiger partial charge in [0.05, 0.1) is 11.7 Å². The number of aryl methyl sites for hydroxylation is 1. The van der Waals surface area contributed by atoms with Crippen LogP contribution in [0.5, 0.6) is 0 Å². The molecule has 1 saturated heterocycles. The summed E-state index contributed by atoms with van der Waals surface area (Å²) in [6.45, 7) is 4.56. The quantitative estimate of drug-likeness (QED) is 0.842. The Kier molecular flexibility index (Phi) is 5.99.